The van der Waals surface area contributed by atoms with Crippen molar-refractivity contribution in [2.75, 3.05) is 24.2 Å². The van der Waals surface area contributed by atoms with E-state index in [2.05, 4.69) is 37.9 Å². The monoisotopic (exact) mass is 512 g/mol. The Bertz CT molecular complexity index is 1020. The van der Waals surface area contributed by atoms with Crippen LogP contribution in [0.2, 0.25) is 5.02 Å². The minimum Gasteiger partial charge on any atom is -0.344 e. The highest BCUT2D eigenvalue weighted by molar-refractivity contribution is 7.15. The van der Waals surface area contributed by atoms with Gasteiger partial charge in [-0.15, -0.1) is 23.7 Å². The van der Waals surface area contributed by atoms with Crippen molar-refractivity contribution < 1.29 is 14.4 Å². The van der Waals surface area contributed by atoms with Crippen LogP contribution in [0.15, 0.2) is 18.3 Å². The molecule has 0 radical (unpaired) electrons. The standard InChI is InChI=1S/C21H25ClN6O3S.ClH/c1-28-9-8-15-16(11-28)32-21(25-15)27-18(29)13-4-2-3-5-14(13)24-19(30)20(31)26-17-7-6-12(22)10-23-17;/h6-7,10,13-14H,2-5,8-9,11H2,1H3,(H,24,30)(H,23,26,31)(H,25,27,29);1H/t13-,14+;/m0./s1. The summed E-state index contributed by atoms with van der Waals surface area (Å²) in [5, 5.41) is 9.13. The summed E-state index contributed by atoms with van der Waals surface area (Å²) < 4.78 is 0. The molecule has 1 aliphatic heterocycles. The lowest BCUT2D eigenvalue weighted by molar-refractivity contribution is -0.137. The number of nitrogens with zero attached hydrogens (tertiary/aromatic N) is 3. The van der Waals surface area contributed by atoms with Crippen molar-refractivity contribution in [1.29, 1.82) is 0 Å². The Morgan fingerprint density at radius 1 is 1.15 bits per heavy atom. The van der Waals surface area contributed by atoms with Crippen molar-refractivity contribution in [1.82, 2.24) is 20.2 Å². The number of aromatic nitrogens is 2. The van der Waals surface area contributed by atoms with Crippen LogP contribution >= 0.6 is 35.3 Å². The Labute approximate surface area is 207 Å². The highest BCUT2D eigenvalue weighted by atomic mass is 35.5. The first-order valence-corrected chi connectivity index (χ1v) is 11.8. The highest BCUT2D eigenvalue weighted by Gasteiger charge is 2.34. The maximum absolute atomic E-state index is 13.0. The van der Waals surface area contributed by atoms with Crippen LogP contribution in [0.4, 0.5) is 10.9 Å². The molecule has 12 heteroatoms. The average Bonchev–Trinajstić information content (AvgIpc) is 3.16. The number of likely N-dealkylation sites (N-methyl/N-ethyl adjacent to an activating group) is 1. The van der Waals surface area contributed by atoms with E-state index in [0.717, 1.165) is 38.0 Å². The SMILES string of the molecule is CN1CCc2nc(NC(=O)[C@H]3CCCC[C@H]3NC(=O)C(=O)Nc3ccc(Cl)cn3)sc2C1.Cl. The average molecular weight is 513 g/mol. The van der Waals surface area contributed by atoms with Gasteiger partial charge in [0.05, 0.1) is 16.6 Å². The summed E-state index contributed by atoms with van der Waals surface area (Å²) in [5.41, 5.74) is 1.05. The van der Waals surface area contributed by atoms with Crippen LogP contribution in [0.3, 0.4) is 0 Å². The molecule has 9 nitrogen and oxygen atoms in total. The molecule has 0 spiro atoms. The number of carbonyl (C=O) groups is 3. The van der Waals surface area contributed by atoms with E-state index in [9.17, 15) is 14.4 Å². The number of amides is 3. The minimum atomic E-state index is -0.832. The van der Waals surface area contributed by atoms with Gasteiger partial charge >= 0.3 is 11.8 Å². The molecule has 0 unspecified atom stereocenters. The summed E-state index contributed by atoms with van der Waals surface area (Å²) >= 11 is 7.28. The van der Waals surface area contributed by atoms with Crippen molar-refractivity contribution in [3.05, 3.63) is 33.9 Å². The third-order valence-corrected chi connectivity index (χ3v) is 6.97. The summed E-state index contributed by atoms with van der Waals surface area (Å²) in [6.07, 6.45) is 5.31. The zero-order chi connectivity index (χ0) is 22.7. The quantitative estimate of drug-likeness (QED) is 0.542. The fraction of sp³-hybridized carbons (Fsp3) is 0.476. The van der Waals surface area contributed by atoms with Gasteiger partial charge in [0.2, 0.25) is 5.91 Å². The first kappa shape index (κ1) is 25.4. The lowest BCUT2D eigenvalue weighted by atomic mass is 9.84. The summed E-state index contributed by atoms with van der Waals surface area (Å²) in [7, 11) is 2.06. The third kappa shape index (κ3) is 6.41. The van der Waals surface area contributed by atoms with Crippen LogP contribution in [-0.4, -0.2) is 52.2 Å². The van der Waals surface area contributed by atoms with E-state index in [4.69, 9.17) is 11.6 Å². The Balaban J connectivity index is 0.00000306. The number of rotatable bonds is 4. The summed E-state index contributed by atoms with van der Waals surface area (Å²) in [6.45, 7) is 1.79. The lowest BCUT2D eigenvalue weighted by Gasteiger charge is -2.30. The molecule has 0 saturated heterocycles. The maximum Gasteiger partial charge on any atom is 0.314 e. The van der Waals surface area contributed by atoms with E-state index >= 15 is 0 Å². The third-order valence-electron chi connectivity index (χ3n) is 5.75. The number of fused-ring (bicyclic) bond motifs is 1. The number of carbonyl (C=O) groups excluding carboxylic acids is 3. The second-order valence-electron chi connectivity index (χ2n) is 8.15. The topological polar surface area (TPSA) is 116 Å². The first-order valence-electron chi connectivity index (χ1n) is 10.6. The van der Waals surface area contributed by atoms with Crippen LogP contribution in [0.5, 0.6) is 0 Å². The summed E-state index contributed by atoms with van der Waals surface area (Å²) in [5.74, 6) is -1.99. The predicted octanol–water partition coefficient (Wildman–Crippen LogP) is 2.85. The molecule has 3 N–H and O–H groups in total. The van der Waals surface area contributed by atoms with Crippen molar-refractivity contribution in [2.45, 2.75) is 44.7 Å². The van der Waals surface area contributed by atoms with E-state index in [1.165, 1.54) is 28.5 Å². The normalized spacial score (nSPS) is 20.2. The van der Waals surface area contributed by atoms with Gasteiger partial charge in [-0.2, -0.15) is 0 Å². The van der Waals surface area contributed by atoms with E-state index < -0.39 is 23.8 Å². The van der Waals surface area contributed by atoms with Crippen LogP contribution in [0.25, 0.3) is 0 Å². The smallest absolute Gasteiger partial charge is 0.314 e. The molecule has 3 amide bonds. The highest BCUT2D eigenvalue weighted by Crippen LogP contribution is 2.30. The molecule has 0 aromatic carbocycles. The van der Waals surface area contributed by atoms with Gasteiger partial charge in [0.25, 0.3) is 0 Å². The first-order chi connectivity index (χ1) is 15.4. The molecule has 1 aliphatic carbocycles. The lowest BCUT2D eigenvalue weighted by Crippen LogP contribution is -2.49. The Hall–Kier alpha value is -2.27. The molecule has 1 saturated carbocycles. The fourth-order valence-corrected chi connectivity index (χ4v) is 5.25. The fourth-order valence-electron chi connectivity index (χ4n) is 4.05. The Morgan fingerprint density at radius 2 is 1.94 bits per heavy atom. The molecule has 2 atom stereocenters. The van der Waals surface area contributed by atoms with Crippen molar-refractivity contribution in [2.24, 2.45) is 5.92 Å². The molecule has 2 aliphatic rings. The van der Waals surface area contributed by atoms with Gasteiger partial charge < -0.3 is 20.9 Å². The Morgan fingerprint density at radius 3 is 2.70 bits per heavy atom. The maximum atomic E-state index is 13.0. The van der Waals surface area contributed by atoms with Gasteiger partial charge in [-0.25, -0.2) is 9.97 Å². The van der Waals surface area contributed by atoms with Gasteiger partial charge in [-0.3, -0.25) is 14.4 Å². The molecule has 2 aromatic rings. The number of hydrogen-bond acceptors (Lipinski definition) is 7. The van der Waals surface area contributed by atoms with Crippen LogP contribution in [0, 0.1) is 5.92 Å². The molecule has 33 heavy (non-hydrogen) atoms. The molecule has 3 heterocycles. The van der Waals surface area contributed by atoms with E-state index in [1.54, 1.807) is 6.07 Å². The largest absolute Gasteiger partial charge is 0.344 e. The summed E-state index contributed by atoms with van der Waals surface area (Å²) in [4.78, 5) is 49.7. The summed E-state index contributed by atoms with van der Waals surface area (Å²) in [6, 6.07) is 2.66. The number of thiazole rings is 1. The molecular weight excluding hydrogens is 487 g/mol. The molecule has 0 bridgehead atoms. The molecule has 1 fully saturated rings. The predicted molar refractivity (Wildman–Crippen MR) is 130 cm³/mol. The second kappa shape index (κ2) is 11.2. The minimum absolute atomic E-state index is 0. The van der Waals surface area contributed by atoms with Gasteiger partial charge in [-0.1, -0.05) is 24.4 Å². The van der Waals surface area contributed by atoms with Crippen LogP contribution in [-0.2, 0) is 27.3 Å². The van der Waals surface area contributed by atoms with Crippen LogP contribution in [0.1, 0.15) is 36.3 Å². The van der Waals surface area contributed by atoms with E-state index in [-0.39, 0.29) is 24.1 Å². The van der Waals surface area contributed by atoms with Gasteiger partial charge in [0.15, 0.2) is 5.13 Å². The van der Waals surface area contributed by atoms with E-state index in [0.29, 0.717) is 23.0 Å². The number of nitrogens with one attached hydrogen (secondary N) is 3. The number of hydrogen-bond donors (Lipinski definition) is 3. The van der Waals surface area contributed by atoms with Gasteiger partial charge in [-0.05, 0) is 32.0 Å². The zero-order valence-electron chi connectivity index (χ0n) is 18.1. The number of halogens is 2. The molecule has 2 aromatic heterocycles. The van der Waals surface area contributed by atoms with E-state index in [1.807, 2.05) is 0 Å². The van der Waals surface area contributed by atoms with Gasteiger partial charge in [0, 0.05) is 36.6 Å². The molecular formula is C21H26Cl2N6O3S. The Kier molecular flexibility index (Phi) is 8.63. The van der Waals surface area contributed by atoms with Gasteiger partial charge in [0.1, 0.15) is 5.82 Å². The number of pyridine rings is 1. The van der Waals surface area contributed by atoms with Crippen molar-refractivity contribution in [3.8, 4) is 0 Å². The van der Waals surface area contributed by atoms with Crippen LogP contribution < -0.4 is 16.0 Å². The van der Waals surface area contributed by atoms with Crippen molar-refractivity contribution in [3.63, 3.8) is 0 Å². The number of anilines is 2. The second-order valence-corrected chi connectivity index (χ2v) is 9.67. The molecule has 178 valence electrons. The van der Waals surface area contributed by atoms with Crippen molar-refractivity contribution >= 4 is 64.0 Å². The zero-order valence-corrected chi connectivity index (χ0v) is 20.5. The molecule has 4 rings (SSSR count).